The van der Waals surface area contributed by atoms with Crippen molar-refractivity contribution in [1.29, 1.82) is 0 Å². The molecule has 0 aliphatic heterocycles. The number of benzene rings is 1. The topological polar surface area (TPSA) is 124 Å². The van der Waals surface area contributed by atoms with Crippen molar-refractivity contribution < 1.29 is 23.5 Å². The summed E-state index contributed by atoms with van der Waals surface area (Å²) in [6.45, 7) is 5.00. The summed E-state index contributed by atoms with van der Waals surface area (Å²) in [5, 5.41) is 6.07. The minimum atomic E-state index is -0.910. The van der Waals surface area contributed by atoms with E-state index in [2.05, 4.69) is 10.6 Å². The number of rotatable bonds is 8. The molecule has 8 nitrogen and oxygen atoms in total. The second-order valence-corrected chi connectivity index (χ2v) is 6.40. The third-order valence-corrected chi connectivity index (χ3v) is 4.35. The standard InChI is InChI=1S/C19H22ClN3O5/c1-4-27-19(26)15-11(3)28-18(16(15)17(21)25)23-14(24)9-22-10(2)12-7-5-6-8-13(12)20/h5-8,10,22H,4,9H2,1-3H3,(H2,21,25)(H,23,24)/t10-/m1/s1. The van der Waals surface area contributed by atoms with Gasteiger partial charge in [0.25, 0.3) is 5.91 Å². The maximum Gasteiger partial charge on any atom is 0.342 e. The number of nitrogens with two attached hydrogens (primary N) is 1. The second kappa shape index (κ2) is 9.38. The average Bonchev–Trinajstić information content (AvgIpc) is 2.96. The van der Waals surface area contributed by atoms with Gasteiger partial charge in [0.15, 0.2) is 0 Å². The normalized spacial score (nSPS) is 11.7. The molecule has 0 radical (unpaired) electrons. The zero-order chi connectivity index (χ0) is 20.8. The third kappa shape index (κ3) is 4.90. The predicted molar refractivity (Wildman–Crippen MR) is 104 cm³/mol. The molecule has 2 aromatic rings. The summed E-state index contributed by atoms with van der Waals surface area (Å²) in [6.07, 6.45) is 0. The molecule has 1 aromatic carbocycles. The molecule has 0 saturated carbocycles. The number of furan rings is 1. The molecule has 0 unspecified atom stereocenters. The van der Waals surface area contributed by atoms with Gasteiger partial charge in [0.05, 0.1) is 13.2 Å². The number of primary amides is 1. The van der Waals surface area contributed by atoms with Crippen molar-refractivity contribution in [1.82, 2.24) is 5.32 Å². The van der Waals surface area contributed by atoms with Gasteiger partial charge >= 0.3 is 5.97 Å². The molecule has 0 saturated heterocycles. The van der Waals surface area contributed by atoms with Crippen LogP contribution < -0.4 is 16.4 Å². The van der Waals surface area contributed by atoms with Crippen LogP contribution in [0.25, 0.3) is 0 Å². The summed E-state index contributed by atoms with van der Waals surface area (Å²) in [5.74, 6) is -2.20. The lowest BCUT2D eigenvalue weighted by molar-refractivity contribution is -0.115. The van der Waals surface area contributed by atoms with Crippen LogP contribution in [-0.2, 0) is 9.53 Å². The molecule has 2 amide bonds. The highest BCUT2D eigenvalue weighted by atomic mass is 35.5. The van der Waals surface area contributed by atoms with E-state index in [9.17, 15) is 14.4 Å². The zero-order valence-corrected chi connectivity index (χ0v) is 16.6. The fourth-order valence-electron chi connectivity index (χ4n) is 2.67. The van der Waals surface area contributed by atoms with Gasteiger partial charge in [0, 0.05) is 11.1 Å². The van der Waals surface area contributed by atoms with Crippen molar-refractivity contribution in [2.24, 2.45) is 5.73 Å². The predicted octanol–water partition coefficient (Wildman–Crippen LogP) is 2.81. The van der Waals surface area contributed by atoms with Gasteiger partial charge < -0.3 is 20.2 Å². The Balaban J connectivity index is 2.11. The molecule has 2 rings (SSSR count). The minimum Gasteiger partial charge on any atom is -0.462 e. The van der Waals surface area contributed by atoms with Gasteiger partial charge in [-0.25, -0.2) is 4.79 Å². The monoisotopic (exact) mass is 407 g/mol. The van der Waals surface area contributed by atoms with Crippen molar-refractivity contribution in [3.05, 3.63) is 51.7 Å². The highest BCUT2D eigenvalue weighted by molar-refractivity contribution is 6.31. The van der Waals surface area contributed by atoms with Crippen molar-refractivity contribution in [2.45, 2.75) is 26.8 Å². The molecule has 4 N–H and O–H groups in total. The van der Waals surface area contributed by atoms with E-state index in [0.717, 1.165) is 5.56 Å². The van der Waals surface area contributed by atoms with Gasteiger partial charge in [-0.15, -0.1) is 0 Å². The van der Waals surface area contributed by atoms with Gasteiger partial charge in [-0.05, 0) is 32.4 Å². The Bertz CT molecular complexity index is 894. The first-order chi connectivity index (χ1) is 13.3. The number of hydrogen-bond acceptors (Lipinski definition) is 6. The van der Waals surface area contributed by atoms with Crippen LogP contribution in [0.3, 0.4) is 0 Å². The van der Waals surface area contributed by atoms with Crippen LogP contribution in [0.5, 0.6) is 0 Å². The van der Waals surface area contributed by atoms with Crippen LogP contribution in [-0.4, -0.2) is 30.9 Å². The Labute approximate surface area is 167 Å². The van der Waals surface area contributed by atoms with Crippen LogP contribution in [0.15, 0.2) is 28.7 Å². The second-order valence-electron chi connectivity index (χ2n) is 5.99. The van der Waals surface area contributed by atoms with Gasteiger partial charge in [-0.3, -0.25) is 14.9 Å². The molecule has 1 atom stereocenters. The van der Waals surface area contributed by atoms with Crippen LogP contribution >= 0.6 is 11.6 Å². The van der Waals surface area contributed by atoms with E-state index in [1.807, 2.05) is 25.1 Å². The summed E-state index contributed by atoms with van der Waals surface area (Å²) < 4.78 is 10.3. The third-order valence-electron chi connectivity index (χ3n) is 4.00. The van der Waals surface area contributed by atoms with E-state index in [1.165, 1.54) is 6.92 Å². The Morgan fingerprint density at radius 2 is 1.93 bits per heavy atom. The molecule has 0 fully saturated rings. The minimum absolute atomic E-state index is 0.0842. The van der Waals surface area contributed by atoms with E-state index in [4.69, 9.17) is 26.5 Å². The van der Waals surface area contributed by atoms with Crippen LogP contribution in [0, 0.1) is 6.92 Å². The van der Waals surface area contributed by atoms with Crippen LogP contribution in [0.4, 0.5) is 5.88 Å². The van der Waals surface area contributed by atoms with Crippen molar-refractivity contribution >= 4 is 35.3 Å². The van der Waals surface area contributed by atoms with Gasteiger partial charge in [0.2, 0.25) is 11.8 Å². The molecule has 0 bridgehead atoms. The van der Waals surface area contributed by atoms with E-state index in [1.54, 1.807) is 13.0 Å². The molecule has 1 heterocycles. The molecule has 28 heavy (non-hydrogen) atoms. The Morgan fingerprint density at radius 1 is 1.25 bits per heavy atom. The summed E-state index contributed by atoms with van der Waals surface area (Å²) in [7, 11) is 0. The molecule has 0 aliphatic rings. The summed E-state index contributed by atoms with van der Waals surface area (Å²) in [5.41, 5.74) is 5.89. The number of halogens is 1. The van der Waals surface area contributed by atoms with E-state index < -0.39 is 17.8 Å². The number of carbonyl (C=O) groups excluding carboxylic acids is 3. The largest absolute Gasteiger partial charge is 0.462 e. The summed E-state index contributed by atoms with van der Waals surface area (Å²) in [4.78, 5) is 36.2. The molecule has 0 aliphatic carbocycles. The lowest BCUT2D eigenvalue weighted by Gasteiger charge is -2.15. The average molecular weight is 408 g/mol. The Morgan fingerprint density at radius 3 is 2.54 bits per heavy atom. The van der Waals surface area contributed by atoms with Crippen LogP contribution in [0.2, 0.25) is 5.02 Å². The SMILES string of the molecule is CCOC(=O)c1c(C)oc(NC(=O)CN[C@H](C)c2ccccc2Cl)c1C(N)=O. The Kier molecular flexibility index (Phi) is 7.19. The molecule has 9 heteroatoms. The highest BCUT2D eigenvalue weighted by Gasteiger charge is 2.29. The molecular formula is C19H22ClN3O5. The maximum atomic E-state index is 12.3. The summed E-state index contributed by atoms with van der Waals surface area (Å²) in [6, 6.07) is 7.09. The summed E-state index contributed by atoms with van der Waals surface area (Å²) >= 11 is 6.14. The first-order valence-corrected chi connectivity index (χ1v) is 9.02. The number of amides is 2. The number of ether oxygens (including phenoxy) is 1. The quantitative estimate of drug-likeness (QED) is 0.578. The van der Waals surface area contributed by atoms with Gasteiger partial charge in [-0.2, -0.15) is 0 Å². The first-order valence-electron chi connectivity index (χ1n) is 8.64. The van der Waals surface area contributed by atoms with E-state index in [0.29, 0.717) is 5.02 Å². The van der Waals surface area contributed by atoms with Crippen molar-refractivity contribution in [2.75, 3.05) is 18.5 Å². The Hall–Kier alpha value is -2.84. The van der Waals surface area contributed by atoms with E-state index >= 15 is 0 Å². The molecular weight excluding hydrogens is 386 g/mol. The van der Waals surface area contributed by atoms with Crippen molar-refractivity contribution in [3.8, 4) is 0 Å². The fraction of sp³-hybridized carbons (Fsp3) is 0.316. The lowest BCUT2D eigenvalue weighted by Crippen LogP contribution is -2.31. The van der Waals surface area contributed by atoms with E-state index in [-0.39, 0.29) is 42.0 Å². The fourth-order valence-corrected chi connectivity index (χ4v) is 2.97. The maximum absolute atomic E-state index is 12.3. The molecule has 1 aromatic heterocycles. The number of esters is 1. The number of nitrogens with one attached hydrogen (secondary N) is 2. The number of carbonyl (C=O) groups is 3. The smallest absolute Gasteiger partial charge is 0.342 e. The first kappa shape index (κ1) is 21.5. The number of anilines is 1. The molecule has 0 spiro atoms. The number of hydrogen-bond donors (Lipinski definition) is 3. The number of aryl methyl sites for hydroxylation is 1. The van der Waals surface area contributed by atoms with Crippen molar-refractivity contribution in [3.63, 3.8) is 0 Å². The lowest BCUT2D eigenvalue weighted by atomic mass is 10.1. The highest BCUT2D eigenvalue weighted by Crippen LogP contribution is 2.27. The zero-order valence-electron chi connectivity index (χ0n) is 15.8. The van der Waals surface area contributed by atoms with Gasteiger partial charge in [-0.1, -0.05) is 29.8 Å². The van der Waals surface area contributed by atoms with Gasteiger partial charge in [0.1, 0.15) is 16.9 Å². The van der Waals surface area contributed by atoms with Crippen LogP contribution in [0.1, 0.15) is 51.9 Å². The molecule has 150 valence electrons.